The number of benzene rings is 2. The number of likely N-dealkylation sites (tertiary alicyclic amines) is 1. The zero-order chi connectivity index (χ0) is 19.8. The second-order valence-corrected chi connectivity index (χ2v) is 7.13. The van der Waals surface area contributed by atoms with Crippen LogP contribution in [0, 0.1) is 12.8 Å². The average Bonchev–Trinajstić information content (AvgIpc) is 3.17. The van der Waals surface area contributed by atoms with Crippen molar-refractivity contribution in [2.24, 2.45) is 5.92 Å². The molecule has 1 saturated heterocycles. The number of hydrogen-bond donors (Lipinski definition) is 1. The molecule has 0 radical (unpaired) electrons. The largest absolute Gasteiger partial charge is 0.338 e. The van der Waals surface area contributed by atoms with E-state index in [9.17, 15) is 19.2 Å². The molecular formula is C21H19N3O4. The van der Waals surface area contributed by atoms with Gasteiger partial charge in [0.2, 0.25) is 11.8 Å². The summed E-state index contributed by atoms with van der Waals surface area (Å²) in [4.78, 5) is 51.3. The molecule has 2 aliphatic heterocycles. The first-order chi connectivity index (χ1) is 13.4. The fraction of sp³-hybridized carbons (Fsp3) is 0.238. The van der Waals surface area contributed by atoms with E-state index in [4.69, 9.17) is 0 Å². The number of aryl methyl sites for hydroxylation is 1. The van der Waals surface area contributed by atoms with E-state index in [1.165, 1.54) is 0 Å². The van der Waals surface area contributed by atoms with E-state index in [0.29, 0.717) is 6.54 Å². The standard InChI is InChI=1S/C21H19N3O4/c1-13-6-8-14(9-7-13)11-23-12-15(10-18(23)25)19(26)22-24-20(27)16-4-2-3-5-17(16)21(24)28/h2-9,15H,10-12H2,1H3,(H,22,26)/t15-/m0/s1. The molecule has 4 rings (SSSR count). The maximum Gasteiger partial charge on any atom is 0.280 e. The molecule has 0 bridgehead atoms. The Morgan fingerprint density at radius 2 is 1.61 bits per heavy atom. The van der Waals surface area contributed by atoms with Gasteiger partial charge in [0.05, 0.1) is 17.0 Å². The number of carbonyl (C=O) groups is 4. The quantitative estimate of drug-likeness (QED) is 0.821. The van der Waals surface area contributed by atoms with Crippen LogP contribution in [-0.4, -0.2) is 40.1 Å². The lowest BCUT2D eigenvalue weighted by molar-refractivity contribution is -0.130. The summed E-state index contributed by atoms with van der Waals surface area (Å²) < 4.78 is 0. The van der Waals surface area contributed by atoms with Gasteiger partial charge in [-0.25, -0.2) is 0 Å². The van der Waals surface area contributed by atoms with E-state index in [2.05, 4.69) is 5.43 Å². The minimum absolute atomic E-state index is 0.0564. The van der Waals surface area contributed by atoms with E-state index in [1.54, 1.807) is 29.2 Å². The van der Waals surface area contributed by atoms with Crippen LogP contribution in [0.1, 0.15) is 38.3 Å². The van der Waals surface area contributed by atoms with Crippen molar-refractivity contribution >= 4 is 23.6 Å². The number of carbonyl (C=O) groups excluding carboxylic acids is 4. The number of nitrogens with zero attached hydrogens (tertiary/aromatic N) is 2. The summed E-state index contributed by atoms with van der Waals surface area (Å²) in [5, 5.41) is 0.736. The highest BCUT2D eigenvalue weighted by atomic mass is 16.2. The zero-order valence-corrected chi connectivity index (χ0v) is 15.3. The number of fused-ring (bicyclic) bond motifs is 1. The van der Waals surface area contributed by atoms with Crippen molar-refractivity contribution in [1.29, 1.82) is 0 Å². The number of imide groups is 1. The average molecular weight is 377 g/mol. The van der Waals surface area contributed by atoms with Crippen molar-refractivity contribution in [2.75, 3.05) is 6.54 Å². The van der Waals surface area contributed by atoms with Gasteiger partial charge in [-0.15, -0.1) is 0 Å². The van der Waals surface area contributed by atoms with E-state index in [1.807, 2.05) is 31.2 Å². The van der Waals surface area contributed by atoms with Gasteiger partial charge in [0.25, 0.3) is 11.8 Å². The van der Waals surface area contributed by atoms with E-state index in [0.717, 1.165) is 16.1 Å². The van der Waals surface area contributed by atoms with Crippen molar-refractivity contribution in [1.82, 2.24) is 15.3 Å². The normalized spacial score (nSPS) is 18.6. The molecule has 2 aromatic rings. The topological polar surface area (TPSA) is 86.8 Å². The molecule has 0 aliphatic carbocycles. The second kappa shape index (κ2) is 6.92. The van der Waals surface area contributed by atoms with Crippen LogP contribution in [0.3, 0.4) is 0 Å². The first kappa shape index (κ1) is 17.9. The summed E-state index contributed by atoms with van der Waals surface area (Å²) >= 11 is 0. The molecular weight excluding hydrogens is 358 g/mol. The van der Waals surface area contributed by atoms with Crippen LogP contribution in [0.5, 0.6) is 0 Å². The summed E-state index contributed by atoms with van der Waals surface area (Å²) in [7, 11) is 0. The van der Waals surface area contributed by atoms with Crippen molar-refractivity contribution in [3.05, 3.63) is 70.8 Å². The van der Waals surface area contributed by atoms with Gasteiger partial charge in [-0.05, 0) is 24.6 Å². The highest BCUT2D eigenvalue weighted by molar-refractivity contribution is 6.21. The van der Waals surface area contributed by atoms with Gasteiger partial charge >= 0.3 is 0 Å². The third-order valence-electron chi connectivity index (χ3n) is 5.10. The summed E-state index contributed by atoms with van der Waals surface area (Å²) in [6.07, 6.45) is 0.0564. The van der Waals surface area contributed by atoms with Gasteiger partial charge in [-0.3, -0.25) is 24.6 Å². The molecule has 7 heteroatoms. The van der Waals surface area contributed by atoms with Crippen molar-refractivity contribution in [2.45, 2.75) is 19.9 Å². The first-order valence-corrected chi connectivity index (χ1v) is 9.05. The summed E-state index contributed by atoms with van der Waals surface area (Å²) in [6, 6.07) is 14.3. The molecule has 2 heterocycles. The molecule has 0 aromatic heterocycles. The van der Waals surface area contributed by atoms with Crippen molar-refractivity contribution < 1.29 is 19.2 Å². The molecule has 2 aliphatic rings. The first-order valence-electron chi connectivity index (χ1n) is 9.05. The molecule has 0 unspecified atom stereocenters. The zero-order valence-electron chi connectivity index (χ0n) is 15.3. The van der Waals surface area contributed by atoms with Gasteiger partial charge in [-0.2, -0.15) is 5.01 Å². The number of rotatable bonds is 4. The number of amides is 4. The van der Waals surface area contributed by atoms with Crippen LogP contribution < -0.4 is 5.43 Å². The van der Waals surface area contributed by atoms with Crippen LogP contribution in [-0.2, 0) is 16.1 Å². The van der Waals surface area contributed by atoms with Gasteiger partial charge in [0.15, 0.2) is 0 Å². The lowest BCUT2D eigenvalue weighted by Gasteiger charge is -2.19. The van der Waals surface area contributed by atoms with Gasteiger partial charge in [-0.1, -0.05) is 42.0 Å². The molecule has 1 atom stereocenters. The Balaban J connectivity index is 1.41. The van der Waals surface area contributed by atoms with Crippen LogP contribution >= 0.6 is 0 Å². The van der Waals surface area contributed by atoms with Crippen LogP contribution in [0.4, 0.5) is 0 Å². The fourth-order valence-electron chi connectivity index (χ4n) is 3.51. The van der Waals surface area contributed by atoms with E-state index >= 15 is 0 Å². The molecule has 4 amide bonds. The Hall–Kier alpha value is -3.48. The van der Waals surface area contributed by atoms with Crippen LogP contribution in [0.25, 0.3) is 0 Å². The molecule has 28 heavy (non-hydrogen) atoms. The smallest absolute Gasteiger partial charge is 0.280 e. The SMILES string of the molecule is Cc1ccc(CN2C[C@@H](C(=O)NN3C(=O)c4ccccc4C3=O)CC2=O)cc1. The van der Waals surface area contributed by atoms with E-state index < -0.39 is 23.6 Å². The molecule has 1 N–H and O–H groups in total. The molecule has 142 valence electrons. The molecule has 7 nitrogen and oxygen atoms in total. The maximum absolute atomic E-state index is 12.6. The molecule has 0 saturated carbocycles. The molecule has 2 aromatic carbocycles. The Morgan fingerprint density at radius 1 is 1.00 bits per heavy atom. The highest BCUT2D eigenvalue weighted by Crippen LogP contribution is 2.23. The third kappa shape index (κ3) is 3.15. The minimum Gasteiger partial charge on any atom is -0.338 e. The highest BCUT2D eigenvalue weighted by Gasteiger charge is 2.40. The van der Waals surface area contributed by atoms with Crippen molar-refractivity contribution in [3.63, 3.8) is 0 Å². The van der Waals surface area contributed by atoms with Gasteiger partial charge in [0.1, 0.15) is 0 Å². The van der Waals surface area contributed by atoms with Crippen LogP contribution in [0.2, 0.25) is 0 Å². The summed E-state index contributed by atoms with van der Waals surface area (Å²) in [6.45, 7) is 2.67. The summed E-state index contributed by atoms with van der Waals surface area (Å²) in [5.41, 5.74) is 5.04. The Kier molecular flexibility index (Phi) is 4.43. The number of hydrazine groups is 1. The number of nitrogens with one attached hydrogen (secondary N) is 1. The van der Waals surface area contributed by atoms with Gasteiger partial charge in [0, 0.05) is 19.5 Å². The van der Waals surface area contributed by atoms with E-state index in [-0.39, 0.29) is 30.0 Å². The Bertz CT molecular complexity index is 948. The monoisotopic (exact) mass is 377 g/mol. The second-order valence-electron chi connectivity index (χ2n) is 7.13. The fourth-order valence-corrected chi connectivity index (χ4v) is 3.51. The third-order valence-corrected chi connectivity index (χ3v) is 5.10. The lowest BCUT2D eigenvalue weighted by atomic mass is 10.1. The predicted molar refractivity (Wildman–Crippen MR) is 99.8 cm³/mol. The maximum atomic E-state index is 12.6. The Labute approximate surface area is 161 Å². The Morgan fingerprint density at radius 3 is 2.21 bits per heavy atom. The molecule has 0 spiro atoms. The van der Waals surface area contributed by atoms with Gasteiger partial charge < -0.3 is 4.90 Å². The lowest BCUT2D eigenvalue weighted by Crippen LogP contribution is -2.48. The van der Waals surface area contributed by atoms with Crippen LogP contribution in [0.15, 0.2) is 48.5 Å². The van der Waals surface area contributed by atoms with Crippen molar-refractivity contribution in [3.8, 4) is 0 Å². The molecule has 1 fully saturated rings. The number of hydrogen-bond acceptors (Lipinski definition) is 4. The summed E-state index contributed by atoms with van der Waals surface area (Å²) in [5.74, 6) is -2.36. The minimum atomic E-state index is -0.609. The predicted octanol–water partition coefficient (Wildman–Crippen LogP) is 1.67.